The van der Waals surface area contributed by atoms with Crippen LogP contribution in [-0.4, -0.2) is 4.98 Å². The van der Waals surface area contributed by atoms with Gasteiger partial charge in [-0.1, -0.05) is 15.9 Å². The molecular formula is C6H5Br2NO. The molecule has 2 nitrogen and oxygen atoms in total. The van der Waals surface area contributed by atoms with Gasteiger partial charge in [0.15, 0.2) is 0 Å². The smallest absolute Gasteiger partial charge is 0.262 e. The van der Waals surface area contributed by atoms with Crippen LogP contribution in [0.15, 0.2) is 21.4 Å². The average molecular weight is 267 g/mol. The molecule has 54 valence electrons. The van der Waals surface area contributed by atoms with Gasteiger partial charge >= 0.3 is 0 Å². The van der Waals surface area contributed by atoms with Gasteiger partial charge in [0.2, 0.25) is 0 Å². The molecule has 0 saturated heterocycles. The average Bonchev–Trinajstić information content (AvgIpc) is 1.95. The van der Waals surface area contributed by atoms with Crippen molar-refractivity contribution in [2.75, 3.05) is 0 Å². The van der Waals surface area contributed by atoms with Crippen molar-refractivity contribution in [3.8, 4) is 0 Å². The van der Waals surface area contributed by atoms with Gasteiger partial charge in [-0.3, -0.25) is 4.79 Å². The maximum absolute atomic E-state index is 10.9. The lowest BCUT2D eigenvalue weighted by molar-refractivity contribution is 1.12. The molecule has 10 heavy (non-hydrogen) atoms. The summed E-state index contributed by atoms with van der Waals surface area (Å²) in [5, 5.41) is 0.676. The van der Waals surface area contributed by atoms with Crippen LogP contribution >= 0.6 is 31.9 Å². The number of rotatable bonds is 1. The highest BCUT2D eigenvalue weighted by molar-refractivity contribution is 9.10. The molecule has 0 aliphatic heterocycles. The number of H-pyrrole nitrogens is 1. The lowest BCUT2D eigenvalue weighted by Gasteiger charge is -1.93. The van der Waals surface area contributed by atoms with Gasteiger partial charge in [0, 0.05) is 11.0 Å². The Morgan fingerprint density at radius 2 is 2.20 bits per heavy atom. The quantitative estimate of drug-likeness (QED) is 0.776. The fourth-order valence-electron chi connectivity index (χ4n) is 0.575. The van der Waals surface area contributed by atoms with Crippen LogP contribution in [0.25, 0.3) is 0 Å². The molecule has 0 amide bonds. The van der Waals surface area contributed by atoms with Gasteiger partial charge in [-0.2, -0.15) is 0 Å². The molecule has 0 spiro atoms. The summed E-state index contributed by atoms with van der Waals surface area (Å²) in [6.07, 6.45) is 0. The van der Waals surface area contributed by atoms with Crippen LogP contribution in [0.5, 0.6) is 0 Å². The monoisotopic (exact) mass is 265 g/mol. The summed E-state index contributed by atoms with van der Waals surface area (Å²) >= 11 is 6.33. The van der Waals surface area contributed by atoms with Gasteiger partial charge in [0.05, 0.1) is 4.47 Å². The first-order valence-corrected chi connectivity index (χ1v) is 4.59. The number of alkyl halides is 1. The van der Waals surface area contributed by atoms with Crippen molar-refractivity contribution >= 4 is 31.9 Å². The predicted molar refractivity (Wildman–Crippen MR) is 47.4 cm³/mol. The second-order valence-corrected chi connectivity index (χ2v) is 3.21. The van der Waals surface area contributed by atoms with Crippen molar-refractivity contribution in [3.05, 3.63) is 32.7 Å². The molecule has 0 bridgehead atoms. The maximum atomic E-state index is 10.9. The van der Waals surface area contributed by atoms with Gasteiger partial charge < -0.3 is 4.98 Å². The van der Waals surface area contributed by atoms with E-state index in [1.165, 1.54) is 0 Å². The summed E-state index contributed by atoms with van der Waals surface area (Å²) in [4.78, 5) is 13.6. The van der Waals surface area contributed by atoms with Crippen LogP contribution in [0.1, 0.15) is 5.69 Å². The number of pyridine rings is 1. The molecule has 0 aliphatic carbocycles. The minimum absolute atomic E-state index is 0.0862. The summed E-state index contributed by atoms with van der Waals surface area (Å²) < 4.78 is 0.567. The predicted octanol–water partition coefficient (Wildman–Crippen LogP) is 2.03. The third kappa shape index (κ3) is 1.70. The van der Waals surface area contributed by atoms with Gasteiger partial charge in [-0.15, -0.1) is 0 Å². The number of hydrogen-bond acceptors (Lipinski definition) is 1. The Hall–Kier alpha value is -0.0900. The molecule has 1 rings (SSSR count). The number of aromatic nitrogens is 1. The Labute approximate surface area is 74.9 Å². The molecular weight excluding hydrogens is 262 g/mol. The van der Waals surface area contributed by atoms with E-state index in [4.69, 9.17) is 0 Å². The van der Waals surface area contributed by atoms with E-state index in [1.54, 1.807) is 6.07 Å². The van der Waals surface area contributed by atoms with E-state index in [1.807, 2.05) is 6.07 Å². The fraction of sp³-hybridized carbons (Fsp3) is 0.167. The molecule has 4 heteroatoms. The number of hydrogen-bond donors (Lipinski definition) is 1. The van der Waals surface area contributed by atoms with Gasteiger partial charge in [-0.25, -0.2) is 0 Å². The minimum Gasteiger partial charge on any atom is -0.324 e. The van der Waals surface area contributed by atoms with E-state index in [2.05, 4.69) is 36.8 Å². The molecule has 0 aromatic carbocycles. The molecule has 0 atom stereocenters. The van der Waals surface area contributed by atoms with Crippen molar-refractivity contribution in [1.29, 1.82) is 0 Å². The van der Waals surface area contributed by atoms with E-state index < -0.39 is 0 Å². The fourth-order valence-corrected chi connectivity index (χ4v) is 1.13. The molecule has 0 saturated carbocycles. The maximum Gasteiger partial charge on any atom is 0.262 e. The first kappa shape index (κ1) is 8.01. The van der Waals surface area contributed by atoms with Crippen LogP contribution in [0.2, 0.25) is 0 Å². The SMILES string of the molecule is O=c1[nH]c(CBr)ccc1Br. The topological polar surface area (TPSA) is 32.9 Å². The molecule has 0 fully saturated rings. The number of aromatic amines is 1. The summed E-state index contributed by atoms with van der Waals surface area (Å²) in [5.74, 6) is 0. The summed E-state index contributed by atoms with van der Waals surface area (Å²) in [6, 6.07) is 3.58. The van der Waals surface area contributed by atoms with Crippen LogP contribution in [0, 0.1) is 0 Å². The molecule has 1 heterocycles. The molecule has 1 aromatic rings. The highest BCUT2D eigenvalue weighted by atomic mass is 79.9. The van der Waals surface area contributed by atoms with E-state index in [9.17, 15) is 4.79 Å². The Morgan fingerprint density at radius 1 is 1.50 bits per heavy atom. The standard InChI is InChI=1S/C6H5Br2NO/c7-3-4-1-2-5(8)6(10)9-4/h1-2H,3H2,(H,9,10). The molecule has 0 radical (unpaired) electrons. The van der Waals surface area contributed by atoms with Crippen molar-refractivity contribution in [2.45, 2.75) is 5.33 Å². The van der Waals surface area contributed by atoms with Crippen LogP contribution in [-0.2, 0) is 5.33 Å². The second-order valence-electron chi connectivity index (χ2n) is 1.79. The summed E-state index contributed by atoms with van der Waals surface area (Å²) in [5.41, 5.74) is 0.796. The van der Waals surface area contributed by atoms with Crippen LogP contribution in [0.3, 0.4) is 0 Å². The first-order chi connectivity index (χ1) is 4.74. The second kappa shape index (κ2) is 3.34. The minimum atomic E-state index is -0.0862. The Morgan fingerprint density at radius 3 is 2.70 bits per heavy atom. The summed E-state index contributed by atoms with van der Waals surface area (Å²) in [7, 11) is 0. The van der Waals surface area contributed by atoms with Crippen molar-refractivity contribution < 1.29 is 0 Å². The number of nitrogens with one attached hydrogen (secondary N) is 1. The molecule has 0 aliphatic rings. The molecule has 1 N–H and O–H groups in total. The van der Waals surface area contributed by atoms with Crippen molar-refractivity contribution in [3.63, 3.8) is 0 Å². The third-order valence-electron chi connectivity index (χ3n) is 1.07. The van der Waals surface area contributed by atoms with E-state index >= 15 is 0 Å². The zero-order valence-corrected chi connectivity index (χ0v) is 8.20. The van der Waals surface area contributed by atoms with Gasteiger partial charge in [0.25, 0.3) is 5.56 Å². The Bertz CT molecular complexity index is 281. The molecule has 0 unspecified atom stereocenters. The van der Waals surface area contributed by atoms with Crippen molar-refractivity contribution in [1.82, 2.24) is 4.98 Å². The first-order valence-electron chi connectivity index (χ1n) is 2.67. The van der Waals surface area contributed by atoms with Crippen LogP contribution < -0.4 is 5.56 Å². The lowest BCUT2D eigenvalue weighted by Crippen LogP contribution is -2.07. The van der Waals surface area contributed by atoms with Crippen molar-refractivity contribution in [2.24, 2.45) is 0 Å². The normalized spacial score (nSPS) is 9.80. The lowest BCUT2D eigenvalue weighted by atomic mass is 10.4. The highest BCUT2D eigenvalue weighted by Gasteiger charge is 1.94. The summed E-state index contributed by atoms with van der Waals surface area (Å²) in [6.45, 7) is 0. The largest absolute Gasteiger partial charge is 0.324 e. The van der Waals surface area contributed by atoms with E-state index in [0.29, 0.717) is 9.80 Å². The van der Waals surface area contributed by atoms with Gasteiger partial charge in [0.1, 0.15) is 0 Å². The van der Waals surface area contributed by atoms with E-state index in [0.717, 1.165) is 5.69 Å². The Balaban J connectivity index is 3.17. The Kier molecular flexibility index (Phi) is 2.68. The number of halogens is 2. The highest BCUT2D eigenvalue weighted by Crippen LogP contribution is 2.04. The van der Waals surface area contributed by atoms with Gasteiger partial charge in [-0.05, 0) is 28.1 Å². The molecule has 1 aromatic heterocycles. The zero-order valence-electron chi connectivity index (χ0n) is 5.03. The third-order valence-corrected chi connectivity index (χ3v) is 2.29. The van der Waals surface area contributed by atoms with Crippen LogP contribution in [0.4, 0.5) is 0 Å². The van der Waals surface area contributed by atoms with E-state index in [-0.39, 0.29) is 5.56 Å². The zero-order chi connectivity index (χ0) is 7.56.